The summed E-state index contributed by atoms with van der Waals surface area (Å²) >= 11 is 1.11. The van der Waals surface area contributed by atoms with E-state index in [2.05, 4.69) is 9.97 Å². The monoisotopic (exact) mass is 415 g/mol. The molecule has 7 nitrogen and oxygen atoms in total. The summed E-state index contributed by atoms with van der Waals surface area (Å²) in [5.41, 5.74) is 5.76. The van der Waals surface area contributed by atoms with Crippen LogP contribution < -0.4 is 15.2 Å². The summed E-state index contributed by atoms with van der Waals surface area (Å²) in [5, 5.41) is 0.171. The second-order valence-corrected chi connectivity index (χ2v) is 7.98. The Labute approximate surface area is 165 Å². The maximum absolute atomic E-state index is 12.2. The number of carbonyl (C=O) groups is 1. The predicted octanol–water partition coefficient (Wildman–Crippen LogP) is 3.02. The van der Waals surface area contributed by atoms with Gasteiger partial charge in [0.15, 0.2) is 11.4 Å². The minimum absolute atomic E-state index is 0.123. The predicted molar refractivity (Wildman–Crippen MR) is 99.8 cm³/mol. The van der Waals surface area contributed by atoms with E-state index in [0.717, 1.165) is 24.2 Å². The molecule has 0 unspecified atom stereocenters. The highest BCUT2D eigenvalue weighted by atomic mass is 32.1. The second-order valence-electron chi connectivity index (χ2n) is 7.04. The molecule has 1 fully saturated rings. The molecule has 0 saturated heterocycles. The molecule has 0 radical (unpaired) electrons. The van der Waals surface area contributed by atoms with Crippen molar-refractivity contribution in [1.29, 1.82) is 0 Å². The molecule has 0 spiro atoms. The van der Waals surface area contributed by atoms with E-state index in [-0.39, 0.29) is 23.1 Å². The number of amides is 1. The average molecular weight is 415 g/mol. The van der Waals surface area contributed by atoms with Crippen LogP contribution in [0.25, 0.3) is 10.3 Å². The average Bonchev–Trinajstić information content (AvgIpc) is 2.99. The van der Waals surface area contributed by atoms with Crippen molar-refractivity contribution >= 4 is 27.6 Å². The van der Waals surface area contributed by atoms with Gasteiger partial charge in [-0.2, -0.15) is 0 Å². The summed E-state index contributed by atoms with van der Waals surface area (Å²) in [6.07, 6.45) is -0.217. The highest BCUT2D eigenvalue weighted by Gasteiger charge is 2.31. The van der Waals surface area contributed by atoms with Crippen LogP contribution in [0.4, 0.5) is 8.78 Å². The maximum Gasteiger partial charge on any atom is 0.276 e. The molecule has 0 aliphatic heterocycles. The second kappa shape index (κ2) is 9.42. The molecule has 2 aromatic heterocycles. The quantitative estimate of drug-likeness (QED) is 0.606. The van der Waals surface area contributed by atoms with Crippen molar-refractivity contribution in [3.8, 4) is 11.1 Å². The smallest absolute Gasteiger partial charge is 0.276 e. The maximum atomic E-state index is 12.2. The summed E-state index contributed by atoms with van der Waals surface area (Å²) in [6, 6.07) is 3.44. The van der Waals surface area contributed by atoms with Gasteiger partial charge in [-0.1, -0.05) is 18.3 Å². The van der Waals surface area contributed by atoms with Gasteiger partial charge in [-0.15, -0.1) is 0 Å². The number of ether oxygens (including phenoxy) is 3. The molecule has 2 heterocycles. The zero-order valence-corrected chi connectivity index (χ0v) is 16.3. The molecular weight excluding hydrogens is 392 g/mol. The third-order valence-corrected chi connectivity index (χ3v) is 5.25. The first-order chi connectivity index (χ1) is 13.4. The number of hydrogen-bond acceptors (Lipinski definition) is 7. The fourth-order valence-electron chi connectivity index (χ4n) is 2.91. The van der Waals surface area contributed by atoms with Gasteiger partial charge in [-0.25, -0.2) is 18.7 Å². The van der Waals surface area contributed by atoms with Crippen molar-refractivity contribution in [2.24, 2.45) is 17.6 Å². The van der Waals surface area contributed by atoms with E-state index in [9.17, 15) is 13.6 Å². The molecular formula is C18H23F2N3O4S. The van der Waals surface area contributed by atoms with Crippen molar-refractivity contribution in [1.82, 2.24) is 9.97 Å². The van der Waals surface area contributed by atoms with Crippen molar-refractivity contribution in [3.63, 3.8) is 0 Å². The van der Waals surface area contributed by atoms with Crippen molar-refractivity contribution in [3.05, 3.63) is 12.1 Å². The lowest BCUT2D eigenvalue weighted by molar-refractivity contribution is -0.120. The van der Waals surface area contributed by atoms with Crippen molar-refractivity contribution in [2.45, 2.75) is 38.7 Å². The van der Waals surface area contributed by atoms with Crippen LogP contribution in [0.3, 0.4) is 0 Å². The number of alkyl halides is 2. The number of hydrogen-bond donors (Lipinski definition) is 1. The first-order valence-electron chi connectivity index (χ1n) is 9.10. The highest BCUT2D eigenvalue weighted by Crippen LogP contribution is 2.32. The molecule has 2 aromatic rings. The van der Waals surface area contributed by atoms with Crippen LogP contribution in [0.5, 0.6) is 11.1 Å². The van der Waals surface area contributed by atoms with Crippen LogP contribution in [0.1, 0.15) is 26.2 Å². The van der Waals surface area contributed by atoms with Gasteiger partial charge >= 0.3 is 0 Å². The Hall–Kier alpha value is -2.07. The van der Waals surface area contributed by atoms with Crippen molar-refractivity contribution in [2.75, 3.05) is 19.8 Å². The summed E-state index contributed by atoms with van der Waals surface area (Å²) in [4.78, 5) is 19.9. The number of nitrogens with two attached hydrogens (primary N) is 1. The fraction of sp³-hybridized carbons (Fsp3) is 0.611. The normalized spacial score (nSPS) is 20.1. The molecule has 1 saturated carbocycles. The minimum Gasteiger partial charge on any atom is -0.477 e. The third kappa shape index (κ3) is 5.96. The highest BCUT2D eigenvalue weighted by molar-refractivity contribution is 7.19. The van der Waals surface area contributed by atoms with Crippen LogP contribution in [0.2, 0.25) is 0 Å². The first-order valence-corrected chi connectivity index (χ1v) is 9.92. The molecule has 10 heteroatoms. The van der Waals surface area contributed by atoms with Crippen molar-refractivity contribution < 1.29 is 27.8 Å². The molecule has 0 aromatic carbocycles. The number of fused-ring (bicyclic) bond motifs is 1. The molecule has 28 heavy (non-hydrogen) atoms. The van der Waals surface area contributed by atoms with E-state index in [1.807, 2.05) is 6.92 Å². The lowest BCUT2D eigenvalue weighted by Crippen LogP contribution is -2.36. The molecule has 3 rings (SSSR count). The largest absolute Gasteiger partial charge is 0.477 e. The Morgan fingerprint density at radius 3 is 2.79 bits per heavy atom. The number of pyridine rings is 1. The Morgan fingerprint density at radius 2 is 2.07 bits per heavy atom. The van der Waals surface area contributed by atoms with E-state index in [4.69, 9.17) is 19.9 Å². The number of rotatable bonds is 11. The van der Waals surface area contributed by atoms with Gasteiger partial charge in [0.1, 0.15) is 5.52 Å². The lowest BCUT2D eigenvalue weighted by Gasteiger charge is -2.35. The van der Waals surface area contributed by atoms with Crippen LogP contribution in [0, 0.1) is 11.8 Å². The van der Waals surface area contributed by atoms with E-state index in [1.165, 1.54) is 0 Å². The standard InChI is InChI=1S/C18H23F2N3O4S/c1-10(4-15(21)24)7-25-12-5-11(6-12)8-26-16-3-2-13-17(23-16)28-18(22-13)27-9-14(19)20/h2-3,10-12,14H,4-9H2,1H3,(H2,21,24)/t10-,11?,12?/m1/s1. The van der Waals surface area contributed by atoms with Gasteiger partial charge in [0.25, 0.3) is 11.6 Å². The molecule has 1 amide bonds. The summed E-state index contributed by atoms with van der Waals surface area (Å²) in [7, 11) is 0. The van der Waals surface area contributed by atoms with E-state index < -0.39 is 13.0 Å². The zero-order chi connectivity index (χ0) is 20.1. The Kier molecular flexibility index (Phi) is 6.95. The Bertz CT molecular complexity index is 798. The molecule has 154 valence electrons. The molecule has 0 bridgehead atoms. The fourth-order valence-corrected chi connectivity index (χ4v) is 3.70. The van der Waals surface area contributed by atoms with Crippen LogP contribution in [-0.2, 0) is 9.53 Å². The van der Waals surface area contributed by atoms with Crippen LogP contribution in [0.15, 0.2) is 12.1 Å². The van der Waals surface area contributed by atoms with Gasteiger partial charge in [0.05, 0.1) is 12.7 Å². The van der Waals surface area contributed by atoms with Gasteiger partial charge in [0, 0.05) is 19.1 Å². The zero-order valence-electron chi connectivity index (χ0n) is 15.5. The SMILES string of the molecule is C[C@@H](COC1CC(COc2ccc3nc(OCC(F)F)sc3n2)C1)CC(N)=O. The number of thiazole rings is 1. The van der Waals surface area contributed by atoms with Crippen LogP contribution in [-0.4, -0.2) is 48.2 Å². The number of carbonyl (C=O) groups excluding carboxylic acids is 1. The van der Waals surface area contributed by atoms with Gasteiger partial charge in [-0.3, -0.25) is 4.79 Å². The molecule has 1 aliphatic carbocycles. The number of aromatic nitrogens is 2. The Balaban J connectivity index is 1.39. The van der Waals surface area contributed by atoms with Gasteiger partial charge in [0.2, 0.25) is 11.8 Å². The van der Waals surface area contributed by atoms with E-state index >= 15 is 0 Å². The lowest BCUT2D eigenvalue weighted by atomic mass is 9.83. The third-order valence-electron chi connectivity index (χ3n) is 4.37. The minimum atomic E-state index is -2.54. The molecule has 1 atom stereocenters. The van der Waals surface area contributed by atoms with Gasteiger partial charge in [-0.05, 0) is 30.7 Å². The summed E-state index contributed by atoms with van der Waals surface area (Å²) in [5.74, 6) is 0.670. The Morgan fingerprint density at radius 1 is 1.29 bits per heavy atom. The van der Waals surface area contributed by atoms with Crippen LogP contribution >= 0.6 is 11.3 Å². The molecule has 2 N–H and O–H groups in total. The summed E-state index contributed by atoms with van der Waals surface area (Å²) < 4.78 is 40.9. The summed E-state index contributed by atoms with van der Waals surface area (Å²) in [6.45, 7) is 2.31. The van der Waals surface area contributed by atoms with Gasteiger partial charge < -0.3 is 19.9 Å². The van der Waals surface area contributed by atoms with E-state index in [1.54, 1.807) is 12.1 Å². The van der Waals surface area contributed by atoms with E-state index in [0.29, 0.717) is 41.8 Å². The number of nitrogens with zero attached hydrogens (tertiary/aromatic N) is 2. The number of primary amides is 1. The molecule has 1 aliphatic rings. The topological polar surface area (TPSA) is 96.6 Å². The number of halogens is 2. The first kappa shape index (κ1) is 20.7.